The Bertz CT molecular complexity index is 815. The molecule has 2 heterocycles. The van der Waals surface area contributed by atoms with E-state index in [4.69, 9.17) is 9.47 Å². The summed E-state index contributed by atoms with van der Waals surface area (Å²) in [7, 11) is 0. The van der Waals surface area contributed by atoms with Crippen LogP contribution >= 0.6 is 11.8 Å². The molecule has 2 aromatic carbocycles. The summed E-state index contributed by atoms with van der Waals surface area (Å²) in [6.07, 6.45) is 0.810. The van der Waals surface area contributed by atoms with Gasteiger partial charge >= 0.3 is 6.03 Å². The molecule has 5 nitrogen and oxygen atoms in total. The van der Waals surface area contributed by atoms with Gasteiger partial charge < -0.3 is 19.7 Å². The van der Waals surface area contributed by atoms with Crippen LogP contribution in [0.15, 0.2) is 48.5 Å². The van der Waals surface area contributed by atoms with Crippen molar-refractivity contribution in [2.24, 2.45) is 0 Å². The highest BCUT2D eigenvalue weighted by Gasteiger charge is 2.29. The molecule has 4 rings (SSSR count). The number of carbonyl (C=O) groups is 1. The maximum atomic E-state index is 13.2. The lowest BCUT2D eigenvalue weighted by Crippen LogP contribution is -2.47. The van der Waals surface area contributed by atoms with Gasteiger partial charge in [0.2, 0.25) is 0 Å². The molecule has 1 N–H and O–H groups in total. The van der Waals surface area contributed by atoms with E-state index in [1.165, 1.54) is 5.56 Å². The molecule has 0 saturated carbocycles. The van der Waals surface area contributed by atoms with Crippen LogP contribution in [0.1, 0.15) is 36.6 Å². The molecule has 2 atom stereocenters. The van der Waals surface area contributed by atoms with Crippen LogP contribution in [0.3, 0.4) is 0 Å². The summed E-state index contributed by atoms with van der Waals surface area (Å²) < 4.78 is 11.3. The van der Waals surface area contributed by atoms with Crippen molar-refractivity contribution in [1.82, 2.24) is 10.2 Å². The molecule has 2 amide bonds. The van der Waals surface area contributed by atoms with Crippen LogP contribution < -0.4 is 14.8 Å². The van der Waals surface area contributed by atoms with Gasteiger partial charge in [0, 0.05) is 18.1 Å². The maximum absolute atomic E-state index is 13.2. The van der Waals surface area contributed by atoms with E-state index in [-0.39, 0.29) is 18.1 Å². The van der Waals surface area contributed by atoms with Crippen molar-refractivity contribution < 1.29 is 14.3 Å². The number of fused-ring (bicyclic) bond motifs is 1. The molecule has 2 aromatic rings. The fourth-order valence-corrected chi connectivity index (χ4v) is 4.82. The van der Waals surface area contributed by atoms with E-state index < -0.39 is 0 Å². The van der Waals surface area contributed by atoms with E-state index in [1.54, 1.807) is 0 Å². The highest BCUT2D eigenvalue weighted by molar-refractivity contribution is 7.99. The van der Waals surface area contributed by atoms with Gasteiger partial charge in [-0.3, -0.25) is 0 Å². The van der Waals surface area contributed by atoms with Crippen LogP contribution in [-0.4, -0.2) is 42.2 Å². The van der Waals surface area contributed by atoms with Gasteiger partial charge in [0.05, 0.1) is 12.1 Å². The van der Waals surface area contributed by atoms with Crippen molar-refractivity contribution in [3.8, 4) is 11.5 Å². The van der Waals surface area contributed by atoms with Gasteiger partial charge in [-0.05, 0) is 29.7 Å². The largest absolute Gasteiger partial charge is 0.486 e. The molecule has 1 saturated heterocycles. The SMILES string of the molecule is CC[C@H](NC(=O)N1CCSC[C@H]1c1ccccc1)c1ccc2c(c1)OCCO2. The van der Waals surface area contributed by atoms with Crippen LogP contribution in [0.25, 0.3) is 0 Å². The number of benzene rings is 2. The smallest absolute Gasteiger partial charge is 0.318 e. The third kappa shape index (κ3) is 4.07. The number of ether oxygens (including phenoxy) is 2. The number of thioether (sulfide) groups is 1. The van der Waals surface area contributed by atoms with Crippen LogP contribution in [-0.2, 0) is 0 Å². The Kier molecular flexibility index (Phi) is 5.95. The van der Waals surface area contributed by atoms with Gasteiger partial charge in [0.15, 0.2) is 11.5 Å². The summed E-state index contributed by atoms with van der Waals surface area (Å²) in [5.41, 5.74) is 2.24. The molecule has 6 heteroatoms. The lowest BCUT2D eigenvalue weighted by atomic mass is 10.0. The van der Waals surface area contributed by atoms with Crippen molar-refractivity contribution >= 4 is 17.8 Å². The zero-order chi connectivity index (χ0) is 19.3. The van der Waals surface area contributed by atoms with E-state index in [1.807, 2.05) is 53.1 Å². The van der Waals surface area contributed by atoms with Crippen LogP contribution in [0.4, 0.5) is 4.79 Å². The second kappa shape index (κ2) is 8.78. The Labute approximate surface area is 170 Å². The number of nitrogens with zero attached hydrogens (tertiary/aromatic N) is 1. The van der Waals surface area contributed by atoms with Crippen molar-refractivity contribution in [2.45, 2.75) is 25.4 Å². The molecule has 0 aliphatic carbocycles. The van der Waals surface area contributed by atoms with Gasteiger partial charge in [-0.1, -0.05) is 43.3 Å². The normalized spacial score (nSPS) is 19.8. The lowest BCUT2D eigenvalue weighted by molar-refractivity contribution is 0.170. The van der Waals surface area contributed by atoms with Gasteiger partial charge in [-0.25, -0.2) is 4.79 Å². The molecule has 0 spiro atoms. The molecule has 0 radical (unpaired) electrons. The Morgan fingerprint density at radius 1 is 1.18 bits per heavy atom. The van der Waals surface area contributed by atoms with Crippen molar-refractivity contribution in [1.29, 1.82) is 0 Å². The highest BCUT2D eigenvalue weighted by Crippen LogP contribution is 2.34. The number of nitrogens with one attached hydrogen (secondary N) is 1. The van der Waals surface area contributed by atoms with Crippen molar-refractivity contribution in [2.75, 3.05) is 31.3 Å². The molecule has 0 aromatic heterocycles. The van der Waals surface area contributed by atoms with Crippen molar-refractivity contribution in [3.05, 3.63) is 59.7 Å². The number of carbonyl (C=O) groups excluding carboxylic acids is 1. The molecular weight excluding hydrogens is 372 g/mol. The van der Waals surface area contributed by atoms with E-state index in [0.717, 1.165) is 41.5 Å². The first-order valence-electron chi connectivity index (χ1n) is 9.85. The predicted molar refractivity (Wildman–Crippen MR) is 112 cm³/mol. The summed E-state index contributed by atoms with van der Waals surface area (Å²) >= 11 is 1.90. The minimum Gasteiger partial charge on any atom is -0.486 e. The summed E-state index contributed by atoms with van der Waals surface area (Å²) in [5.74, 6) is 3.43. The molecule has 28 heavy (non-hydrogen) atoms. The first-order chi connectivity index (χ1) is 13.8. The van der Waals surface area contributed by atoms with E-state index in [9.17, 15) is 4.79 Å². The first kappa shape index (κ1) is 19.0. The minimum absolute atomic E-state index is 0.00380. The third-order valence-electron chi connectivity index (χ3n) is 5.25. The van der Waals surface area contributed by atoms with Crippen molar-refractivity contribution in [3.63, 3.8) is 0 Å². The average molecular weight is 399 g/mol. The van der Waals surface area contributed by atoms with E-state index in [2.05, 4.69) is 24.4 Å². The topological polar surface area (TPSA) is 50.8 Å². The number of urea groups is 1. The summed E-state index contributed by atoms with van der Waals surface area (Å²) in [5, 5.41) is 3.24. The average Bonchev–Trinajstić information content (AvgIpc) is 2.77. The van der Waals surface area contributed by atoms with Gasteiger partial charge in [0.25, 0.3) is 0 Å². The second-order valence-electron chi connectivity index (χ2n) is 7.01. The Morgan fingerprint density at radius 3 is 2.75 bits per heavy atom. The van der Waals surface area contributed by atoms with Gasteiger partial charge in [-0.2, -0.15) is 11.8 Å². The fourth-order valence-electron chi connectivity index (χ4n) is 3.73. The van der Waals surface area contributed by atoms with E-state index in [0.29, 0.717) is 13.2 Å². The quantitative estimate of drug-likeness (QED) is 0.829. The van der Waals surface area contributed by atoms with Crippen LogP contribution in [0, 0.1) is 0 Å². The number of hydrogen-bond acceptors (Lipinski definition) is 4. The Hall–Kier alpha value is -2.34. The zero-order valence-electron chi connectivity index (χ0n) is 16.1. The van der Waals surface area contributed by atoms with E-state index >= 15 is 0 Å². The molecule has 1 fully saturated rings. The number of hydrogen-bond donors (Lipinski definition) is 1. The number of amides is 2. The monoisotopic (exact) mass is 398 g/mol. The maximum Gasteiger partial charge on any atom is 0.318 e. The van der Waals surface area contributed by atoms with Gasteiger partial charge in [0.1, 0.15) is 13.2 Å². The first-order valence-corrected chi connectivity index (χ1v) is 11.0. The molecule has 2 aliphatic heterocycles. The number of rotatable bonds is 4. The predicted octanol–water partition coefficient (Wildman–Crippen LogP) is 4.41. The van der Waals surface area contributed by atoms with Crippen LogP contribution in [0.2, 0.25) is 0 Å². The summed E-state index contributed by atoms with van der Waals surface area (Å²) in [6, 6.07) is 16.3. The molecular formula is C22H26N2O3S. The molecule has 0 bridgehead atoms. The highest BCUT2D eigenvalue weighted by atomic mass is 32.2. The Morgan fingerprint density at radius 2 is 1.96 bits per heavy atom. The Balaban J connectivity index is 1.50. The second-order valence-corrected chi connectivity index (χ2v) is 8.16. The minimum atomic E-state index is -0.0608. The van der Waals surface area contributed by atoms with Gasteiger partial charge in [-0.15, -0.1) is 0 Å². The fraction of sp³-hybridized carbons (Fsp3) is 0.409. The summed E-state index contributed by atoms with van der Waals surface area (Å²) in [4.78, 5) is 15.1. The molecule has 0 unspecified atom stereocenters. The lowest BCUT2D eigenvalue weighted by Gasteiger charge is -2.36. The van der Waals surface area contributed by atoms with Crippen LogP contribution in [0.5, 0.6) is 11.5 Å². The molecule has 2 aliphatic rings. The third-order valence-corrected chi connectivity index (χ3v) is 6.27. The summed E-state index contributed by atoms with van der Waals surface area (Å²) in [6.45, 7) is 3.98. The molecule has 148 valence electrons. The zero-order valence-corrected chi connectivity index (χ0v) is 16.9. The standard InChI is InChI=1S/C22H26N2O3S/c1-2-18(17-8-9-20-21(14-17)27-12-11-26-20)23-22(25)24-10-13-28-15-19(24)16-6-4-3-5-7-16/h3-9,14,18-19H,2,10-13,15H2,1H3,(H,23,25)/t18-,19-/m0/s1.